The third-order valence-electron chi connectivity index (χ3n) is 2.24. The van der Waals surface area contributed by atoms with Gasteiger partial charge in [-0.2, -0.15) is 0 Å². The Morgan fingerprint density at radius 1 is 1.27 bits per heavy atom. The standard InChI is InChI=1S/C12H19NO2/c1-10(14-2)9-15-12-5-3-11(4-6-12)7-8-13/h3-6,10H,7-9,13H2,1-2H3/t10-/m0/s1. The summed E-state index contributed by atoms with van der Waals surface area (Å²) in [7, 11) is 1.68. The molecule has 0 bridgehead atoms. The molecule has 0 saturated heterocycles. The molecule has 0 saturated carbocycles. The predicted octanol–water partition coefficient (Wildman–Crippen LogP) is 1.60. The third-order valence-corrected chi connectivity index (χ3v) is 2.24. The van der Waals surface area contributed by atoms with Crippen LogP contribution < -0.4 is 10.5 Å². The molecule has 0 fully saturated rings. The van der Waals surface area contributed by atoms with Gasteiger partial charge in [-0.25, -0.2) is 0 Å². The lowest BCUT2D eigenvalue weighted by atomic mass is 10.1. The minimum Gasteiger partial charge on any atom is -0.491 e. The topological polar surface area (TPSA) is 44.5 Å². The van der Waals surface area contributed by atoms with Gasteiger partial charge in [0.15, 0.2) is 0 Å². The van der Waals surface area contributed by atoms with E-state index in [4.69, 9.17) is 15.2 Å². The van der Waals surface area contributed by atoms with Crippen LogP contribution in [0.2, 0.25) is 0 Å². The van der Waals surface area contributed by atoms with E-state index in [0.717, 1.165) is 12.2 Å². The van der Waals surface area contributed by atoms with Crippen LogP contribution in [0, 0.1) is 0 Å². The number of methoxy groups -OCH3 is 1. The molecular formula is C12H19NO2. The van der Waals surface area contributed by atoms with Crippen molar-refractivity contribution < 1.29 is 9.47 Å². The van der Waals surface area contributed by atoms with Gasteiger partial charge < -0.3 is 15.2 Å². The van der Waals surface area contributed by atoms with E-state index in [0.29, 0.717) is 13.2 Å². The zero-order valence-electron chi connectivity index (χ0n) is 9.40. The molecule has 0 spiro atoms. The fourth-order valence-electron chi connectivity index (χ4n) is 1.20. The first-order valence-electron chi connectivity index (χ1n) is 5.21. The molecule has 0 radical (unpaired) electrons. The van der Waals surface area contributed by atoms with Crippen molar-refractivity contribution in [2.75, 3.05) is 20.3 Å². The maximum atomic E-state index is 5.54. The Hall–Kier alpha value is -1.06. The van der Waals surface area contributed by atoms with Crippen LogP contribution in [0.3, 0.4) is 0 Å². The van der Waals surface area contributed by atoms with Gasteiger partial charge in [-0.3, -0.25) is 0 Å². The van der Waals surface area contributed by atoms with E-state index < -0.39 is 0 Å². The average molecular weight is 209 g/mol. The molecule has 0 aliphatic heterocycles. The average Bonchev–Trinajstić information content (AvgIpc) is 2.28. The molecule has 15 heavy (non-hydrogen) atoms. The fourth-order valence-corrected chi connectivity index (χ4v) is 1.20. The van der Waals surface area contributed by atoms with E-state index in [9.17, 15) is 0 Å². The highest BCUT2D eigenvalue weighted by Gasteiger charge is 2.00. The van der Waals surface area contributed by atoms with E-state index in [1.165, 1.54) is 5.56 Å². The summed E-state index contributed by atoms with van der Waals surface area (Å²) in [6.45, 7) is 3.23. The van der Waals surface area contributed by atoms with Gasteiger partial charge in [0.2, 0.25) is 0 Å². The second-order valence-corrected chi connectivity index (χ2v) is 3.54. The summed E-state index contributed by atoms with van der Waals surface area (Å²) < 4.78 is 10.6. The molecule has 1 rings (SSSR count). The Morgan fingerprint density at radius 2 is 1.93 bits per heavy atom. The molecule has 0 aliphatic carbocycles. The van der Waals surface area contributed by atoms with Crippen molar-refractivity contribution in [2.45, 2.75) is 19.4 Å². The van der Waals surface area contributed by atoms with Crippen LogP contribution in [0.5, 0.6) is 5.75 Å². The Kier molecular flexibility index (Phi) is 5.15. The third kappa shape index (κ3) is 4.32. The summed E-state index contributed by atoms with van der Waals surface area (Å²) in [5.74, 6) is 0.875. The molecule has 0 aliphatic rings. The number of benzene rings is 1. The van der Waals surface area contributed by atoms with E-state index in [2.05, 4.69) is 0 Å². The van der Waals surface area contributed by atoms with Crippen molar-refractivity contribution in [1.29, 1.82) is 0 Å². The number of ether oxygens (including phenoxy) is 2. The van der Waals surface area contributed by atoms with Crippen LogP contribution in [0.25, 0.3) is 0 Å². The normalized spacial score (nSPS) is 12.5. The van der Waals surface area contributed by atoms with E-state index in [1.54, 1.807) is 7.11 Å². The van der Waals surface area contributed by atoms with E-state index in [1.807, 2.05) is 31.2 Å². The predicted molar refractivity (Wildman–Crippen MR) is 61.2 cm³/mol. The monoisotopic (exact) mass is 209 g/mol. The zero-order valence-corrected chi connectivity index (χ0v) is 9.40. The summed E-state index contributed by atoms with van der Waals surface area (Å²) >= 11 is 0. The highest BCUT2D eigenvalue weighted by molar-refractivity contribution is 5.27. The first-order valence-corrected chi connectivity index (χ1v) is 5.21. The summed E-state index contributed by atoms with van der Waals surface area (Å²) in [6.07, 6.45) is 1.03. The lowest BCUT2D eigenvalue weighted by Gasteiger charge is -2.11. The molecule has 2 N–H and O–H groups in total. The number of hydrogen-bond acceptors (Lipinski definition) is 3. The van der Waals surface area contributed by atoms with Crippen LogP contribution in [0.1, 0.15) is 12.5 Å². The molecule has 0 aromatic heterocycles. The Labute approximate surface area is 91.2 Å². The summed E-state index contributed by atoms with van der Waals surface area (Å²) in [5.41, 5.74) is 6.71. The Balaban J connectivity index is 2.42. The Bertz CT molecular complexity index is 271. The lowest BCUT2D eigenvalue weighted by Crippen LogP contribution is -2.15. The maximum Gasteiger partial charge on any atom is 0.119 e. The molecule has 1 aromatic rings. The van der Waals surface area contributed by atoms with Crippen LogP contribution in [0.15, 0.2) is 24.3 Å². The molecule has 0 amide bonds. The van der Waals surface area contributed by atoms with Crippen LogP contribution in [-0.4, -0.2) is 26.4 Å². The summed E-state index contributed by atoms with van der Waals surface area (Å²) in [4.78, 5) is 0. The molecular weight excluding hydrogens is 190 g/mol. The molecule has 3 heteroatoms. The number of hydrogen-bond donors (Lipinski definition) is 1. The molecule has 3 nitrogen and oxygen atoms in total. The highest BCUT2D eigenvalue weighted by atomic mass is 16.5. The van der Waals surface area contributed by atoms with E-state index >= 15 is 0 Å². The van der Waals surface area contributed by atoms with Gasteiger partial charge in [-0.1, -0.05) is 12.1 Å². The van der Waals surface area contributed by atoms with Crippen molar-refractivity contribution in [2.24, 2.45) is 5.73 Å². The van der Waals surface area contributed by atoms with Crippen molar-refractivity contribution in [3.63, 3.8) is 0 Å². The fraction of sp³-hybridized carbons (Fsp3) is 0.500. The first-order chi connectivity index (χ1) is 7.26. The van der Waals surface area contributed by atoms with Crippen LogP contribution in [0.4, 0.5) is 0 Å². The largest absolute Gasteiger partial charge is 0.491 e. The second-order valence-electron chi connectivity index (χ2n) is 3.54. The minimum atomic E-state index is 0.119. The van der Waals surface area contributed by atoms with Crippen LogP contribution in [-0.2, 0) is 11.2 Å². The van der Waals surface area contributed by atoms with Gasteiger partial charge in [0.25, 0.3) is 0 Å². The van der Waals surface area contributed by atoms with Gasteiger partial charge >= 0.3 is 0 Å². The van der Waals surface area contributed by atoms with Gasteiger partial charge in [-0.15, -0.1) is 0 Å². The first kappa shape index (κ1) is 12.0. The molecule has 0 heterocycles. The van der Waals surface area contributed by atoms with Gasteiger partial charge in [0.05, 0.1) is 6.10 Å². The molecule has 84 valence electrons. The van der Waals surface area contributed by atoms with Crippen LogP contribution >= 0.6 is 0 Å². The maximum absolute atomic E-state index is 5.54. The van der Waals surface area contributed by atoms with Crippen molar-refractivity contribution >= 4 is 0 Å². The quantitative estimate of drug-likeness (QED) is 0.774. The van der Waals surface area contributed by atoms with Gasteiger partial charge in [0.1, 0.15) is 12.4 Å². The molecule has 1 atom stereocenters. The van der Waals surface area contributed by atoms with Gasteiger partial charge in [-0.05, 0) is 37.6 Å². The Morgan fingerprint density at radius 3 is 2.47 bits per heavy atom. The SMILES string of the molecule is CO[C@@H](C)COc1ccc(CCN)cc1. The second kappa shape index (κ2) is 6.43. The van der Waals surface area contributed by atoms with E-state index in [-0.39, 0.29) is 6.10 Å². The smallest absolute Gasteiger partial charge is 0.119 e. The van der Waals surface area contributed by atoms with Gasteiger partial charge in [0, 0.05) is 7.11 Å². The van der Waals surface area contributed by atoms with Crippen molar-refractivity contribution in [1.82, 2.24) is 0 Å². The number of rotatable bonds is 6. The summed E-state index contributed by atoms with van der Waals surface area (Å²) in [6, 6.07) is 8.01. The lowest BCUT2D eigenvalue weighted by molar-refractivity contribution is 0.0716. The molecule has 1 aromatic carbocycles. The highest BCUT2D eigenvalue weighted by Crippen LogP contribution is 2.12. The summed E-state index contributed by atoms with van der Waals surface area (Å²) in [5, 5.41) is 0. The minimum absolute atomic E-state index is 0.119. The zero-order chi connectivity index (χ0) is 11.1. The number of nitrogens with two attached hydrogens (primary N) is 1. The molecule has 0 unspecified atom stereocenters. The van der Waals surface area contributed by atoms with Crippen molar-refractivity contribution in [3.8, 4) is 5.75 Å². The van der Waals surface area contributed by atoms with Crippen molar-refractivity contribution in [3.05, 3.63) is 29.8 Å².